The van der Waals surface area contributed by atoms with Crippen molar-refractivity contribution in [3.05, 3.63) is 59.0 Å². The Hall–Kier alpha value is -2.39. The highest BCUT2D eigenvalue weighted by atomic mass is 16.4. The largest absolute Gasteiger partial charge is 0.488 e. The van der Waals surface area contributed by atoms with Crippen LogP contribution < -0.4 is 16.1 Å². The van der Waals surface area contributed by atoms with Crippen LogP contribution in [0.2, 0.25) is 0 Å². The number of rotatable bonds is 5. The van der Waals surface area contributed by atoms with Crippen LogP contribution in [0.4, 0.5) is 5.69 Å². The van der Waals surface area contributed by atoms with Crippen LogP contribution in [-0.2, 0) is 6.54 Å². The first-order chi connectivity index (χ1) is 13.5. The zero-order valence-electron chi connectivity index (χ0n) is 15.8. The zero-order chi connectivity index (χ0) is 19.7. The number of anilines is 1. The number of nitrogens with zero attached hydrogens (tertiary/aromatic N) is 2. The number of pyridine rings is 1. The Morgan fingerprint density at radius 3 is 2.96 bits per heavy atom. The van der Waals surface area contributed by atoms with Gasteiger partial charge in [-0.3, -0.25) is 9.88 Å². The van der Waals surface area contributed by atoms with Gasteiger partial charge in [-0.25, -0.2) is 0 Å². The summed E-state index contributed by atoms with van der Waals surface area (Å²) in [5.41, 5.74) is 5.15. The molecule has 146 valence electrons. The van der Waals surface area contributed by atoms with E-state index in [2.05, 4.69) is 26.6 Å². The first-order valence-electron chi connectivity index (χ1n) is 9.55. The van der Waals surface area contributed by atoms with Crippen LogP contribution in [0.3, 0.4) is 0 Å². The number of hydrogen-bond acceptors (Lipinski definition) is 7. The average Bonchev–Trinajstić information content (AvgIpc) is 3.08. The van der Waals surface area contributed by atoms with Crippen molar-refractivity contribution in [3.63, 3.8) is 0 Å². The maximum absolute atomic E-state index is 9.70. The van der Waals surface area contributed by atoms with E-state index in [1.807, 2.05) is 31.5 Å². The van der Waals surface area contributed by atoms with Crippen LogP contribution in [0.15, 0.2) is 36.7 Å². The van der Waals surface area contributed by atoms with E-state index in [0.717, 1.165) is 47.6 Å². The van der Waals surface area contributed by atoms with E-state index < -0.39 is 7.12 Å². The zero-order valence-corrected chi connectivity index (χ0v) is 15.8. The van der Waals surface area contributed by atoms with Crippen molar-refractivity contribution in [3.8, 4) is 0 Å². The third-order valence-electron chi connectivity index (χ3n) is 5.41. The average molecular weight is 380 g/mol. The van der Waals surface area contributed by atoms with Crippen molar-refractivity contribution < 1.29 is 15.2 Å². The van der Waals surface area contributed by atoms with Gasteiger partial charge < -0.3 is 25.8 Å². The SMILES string of the molecule is Cc1c(NC2NC=Cc3cc(CN4CC[C@@H](O)C4)cnc32)cccc1B(O)O. The van der Waals surface area contributed by atoms with Gasteiger partial charge >= 0.3 is 7.12 Å². The number of benzene rings is 1. The van der Waals surface area contributed by atoms with Gasteiger partial charge in [0.15, 0.2) is 0 Å². The number of aliphatic hydroxyl groups excluding tert-OH is 1. The van der Waals surface area contributed by atoms with E-state index in [-0.39, 0.29) is 12.3 Å². The monoisotopic (exact) mass is 380 g/mol. The lowest BCUT2D eigenvalue weighted by atomic mass is 9.77. The summed E-state index contributed by atoms with van der Waals surface area (Å²) in [5, 5.41) is 35.4. The van der Waals surface area contributed by atoms with Crippen LogP contribution in [0.25, 0.3) is 6.08 Å². The summed E-state index contributed by atoms with van der Waals surface area (Å²) < 4.78 is 0. The van der Waals surface area contributed by atoms with Crippen molar-refractivity contribution in [1.82, 2.24) is 15.2 Å². The van der Waals surface area contributed by atoms with Gasteiger partial charge in [0.05, 0.1) is 11.8 Å². The van der Waals surface area contributed by atoms with Crippen LogP contribution in [0, 0.1) is 6.92 Å². The highest BCUT2D eigenvalue weighted by Crippen LogP contribution is 2.26. The molecular weight excluding hydrogens is 355 g/mol. The summed E-state index contributed by atoms with van der Waals surface area (Å²) in [5.74, 6) is 0. The second kappa shape index (κ2) is 7.93. The normalized spacial score (nSPS) is 21.3. The molecule has 7 nitrogen and oxygen atoms in total. The van der Waals surface area contributed by atoms with Crippen LogP contribution in [0.5, 0.6) is 0 Å². The molecule has 2 aliphatic heterocycles. The lowest BCUT2D eigenvalue weighted by Gasteiger charge is -2.26. The van der Waals surface area contributed by atoms with E-state index in [0.29, 0.717) is 12.0 Å². The summed E-state index contributed by atoms with van der Waals surface area (Å²) in [7, 11) is -1.50. The third kappa shape index (κ3) is 3.90. The summed E-state index contributed by atoms with van der Waals surface area (Å²) in [4.78, 5) is 6.92. The fourth-order valence-corrected chi connectivity index (χ4v) is 3.88. The standard InChI is InChI=1S/C20H25BN4O3/c1-13-17(21(27)28)3-2-4-18(13)24-20-19-15(5-7-22-20)9-14(10-23-19)11-25-8-6-16(26)12-25/h2-5,7,9-10,16,20,22,24,26-28H,6,8,11-12H2,1H3/t16-,20?/m1/s1. The molecule has 0 amide bonds. The van der Waals surface area contributed by atoms with E-state index >= 15 is 0 Å². The summed E-state index contributed by atoms with van der Waals surface area (Å²) in [6, 6.07) is 7.55. The molecule has 1 aromatic heterocycles. The summed E-state index contributed by atoms with van der Waals surface area (Å²) in [6.07, 6.45) is 6.18. The van der Waals surface area contributed by atoms with Crippen molar-refractivity contribution in [2.24, 2.45) is 0 Å². The molecule has 2 atom stereocenters. The quantitative estimate of drug-likeness (QED) is 0.477. The lowest BCUT2D eigenvalue weighted by Crippen LogP contribution is -2.34. The highest BCUT2D eigenvalue weighted by molar-refractivity contribution is 6.59. The van der Waals surface area contributed by atoms with Gasteiger partial charge in [-0.05, 0) is 54.3 Å². The van der Waals surface area contributed by atoms with Crippen molar-refractivity contribution in [2.45, 2.75) is 32.2 Å². The van der Waals surface area contributed by atoms with E-state index in [4.69, 9.17) is 0 Å². The molecular formula is C20H25BN4O3. The van der Waals surface area contributed by atoms with Crippen LogP contribution in [0.1, 0.15) is 35.0 Å². The molecule has 8 heteroatoms. The molecule has 2 aliphatic rings. The molecule has 1 saturated heterocycles. The minimum atomic E-state index is -1.50. The highest BCUT2D eigenvalue weighted by Gasteiger charge is 2.23. The van der Waals surface area contributed by atoms with Gasteiger partial charge in [0.25, 0.3) is 0 Å². The molecule has 1 unspecified atom stereocenters. The number of fused-ring (bicyclic) bond motifs is 1. The lowest BCUT2D eigenvalue weighted by molar-refractivity contribution is 0.174. The molecule has 3 heterocycles. The molecule has 0 radical (unpaired) electrons. The van der Waals surface area contributed by atoms with E-state index in [1.165, 1.54) is 0 Å². The molecule has 2 aromatic rings. The molecule has 0 aliphatic carbocycles. The Bertz CT molecular complexity index is 890. The Balaban J connectivity index is 1.53. The van der Waals surface area contributed by atoms with Gasteiger partial charge in [-0.15, -0.1) is 0 Å². The number of hydrogen-bond donors (Lipinski definition) is 5. The fraction of sp³-hybridized carbons (Fsp3) is 0.350. The van der Waals surface area contributed by atoms with Gasteiger partial charge in [-0.2, -0.15) is 0 Å². The number of nitrogens with one attached hydrogen (secondary N) is 2. The smallest absolute Gasteiger partial charge is 0.423 e. The maximum atomic E-state index is 9.70. The molecule has 28 heavy (non-hydrogen) atoms. The van der Waals surface area contributed by atoms with Crippen molar-refractivity contribution >= 4 is 24.3 Å². The number of aromatic nitrogens is 1. The van der Waals surface area contributed by atoms with Gasteiger partial charge in [0.2, 0.25) is 0 Å². The molecule has 0 spiro atoms. The Labute approximate surface area is 164 Å². The summed E-state index contributed by atoms with van der Waals surface area (Å²) >= 11 is 0. The van der Waals surface area contributed by atoms with Crippen molar-refractivity contribution in [2.75, 3.05) is 18.4 Å². The van der Waals surface area contributed by atoms with Gasteiger partial charge in [-0.1, -0.05) is 12.1 Å². The number of likely N-dealkylation sites (tertiary alicyclic amines) is 1. The second-order valence-electron chi connectivity index (χ2n) is 7.47. The topological polar surface area (TPSA) is 101 Å². The first-order valence-corrected chi connectivity index (χ1v) is 9.55. The Kier molecular flexibility index (Phi) is 5.37. The third-order valence-corrected chi connectivity index (χ3v) is 5.41. The molecule has 4 rings (SSSR count). The molecule has 1 fully saturated rings. The van der Waals surface area contributed by atoms with Crippen LogP contribution >= 0.6 is 0 Å². The van der Waals surface area contributed by atoms with E-state index in [1.54, 1.807) is 12.1 Å². The molecule has 0 bridgehead atoms. The predicted molar refractivity (Wildman–Crippen MR) is 110 cm³/mol. The Morgan fingerprint density at radius 2 is 2.21 bits per heavy atom. The predicted octanol–water partition coefficient (Wildman–Crippen LogP) is 0.321. The fourth-order valence-electron chi connectivity index (χ4n) is 3.88. The minimum Gasteiger partial charge on any atom is -0.423 e. The molecule has 1 aromatic carbocycles. The number of aliphatic hydroxyl groups is 1. The van der Waals surface area contributed by atoms with Gasteiger partial charge in [0.1, 0.15) is 6.17 Å². The van der Waals surface area contributed by atoms with Gasteiger partial charge in [0, 0.05) is 37.1 Å². The van der Waals surface area contributed by atoms with Crippen LogP contribution in [-0.4, -0.2) is 51.4 Å². The van der Waals surface area contributed by atoms with E-state index in [9.17, 15) is 15.2 Å². The maximum Gasteiger partial charge on any atom is 0.488 e. The molecule has 5 N–H and O–H groups in total. The molecule has 0 saturated carbocycles. The number of β-amino-alcohol motifs (C(OH)–C–C–N with tert-alkyl or cyclic N) is 1. The minimum absolute atomic E-state index is 0.215. The Morgan fingerprint density at radius 1 is 1.36 bits per heavy atom. The van der Waals surface area contributed by atoms with Crippen molar-refractivity contribution in [1.29, 1.82) is 0 Å². The second-order valence-corrected chi connectivity index (χ2v) is 7.47. The summed E-state index contributed by atoms with van der Waals surface area (Å²) in [6.45, 7) is 4.26. The first kappa shape index (κ1) is 19.0.